The number of ether oxygens (including phenoxy) is 1. The predicted octanol–water partition coefficient (Wildman–Crippen LogP) is -1.73. The molecule has 17 heavy (non-hydrogen) atoms. The summed E-state index contributed by atoms with van der Waals surface area (Å²) in [5.74, 6) is -1.48. The summed E-state index contributed by atoms with van der Waals surface area (Å²) in [5.41, 5.74) is 0.486. The van der Waals surface area contributed by atoms with Crippen molar-refractivity contribution in [2.24, 2.45) is 5.92 Å². The first-order chi connectivity index (χ1) is 7.38. The van der Waals surface area contributed by atoms with Gasteiger partial charge in [0.2, 0.25) is 0 Å². The van der Waals surface area contributed by atoms with Crippen LogP contribution < -0.4 is 56.7 Å². The van der Waals surface area contributed by atoms with Crippen LogP contribution in [0.5, 0.6) is 0 Å². The minimum Gasteiger partial charge on any atom is -1.00 e. The van der Waals surface area contributed by atoms with Crippen molar-refractivity contribution in [1.29, 1.82) is 0 Å². The Morgan fingerprint density at radius 2 is 2.00 bits per heavy atom. The van der Waals surface area contributed by atoms with E-state index in [4.69, 9.17) is 9.84 Å². The second-order valence-electron chi connectivity index (χ2n) is 3.78. The van der Waals surface area contributed by atoms with Gasteiger partial charge in [-0.2, -0.15) is 0 Å². The summed E-state index contributed by atoms with van der Waals surface area (Å²) < 4.78 is 4.71. The standard InChI is InChI=1S/C11H19NO4.K.H/c1-5-16-9(13)6-8(4)12-10(7(2)3)11(14)15;;/h6-7,10,12H,5H2,1-4H3,(H,14,15);;/q;+1;-1/t10-;;/m0../s1. The summed E-state index contributed by atoms with van der Waals surface area (Å²) in [6, 6.07) is -0.703. The first-order valence-electron chi connectivity index (χ1n) is 5.22. The molecule has 2 N–H and O–H groups in total. The third kappa shape index (κ3) is 8.79. The maximum Gasteiger partial charge on any atom is 1.00 e. The second-order valence-corrected chi connectivity index (χ2v) is 3.78. The van der Waals surface area contributed by atoms with E-state index in [9.17, 15) is 9.59 Å². The Balaban J connectivity index is -0.00000112. The van der Waals surface area contributed by atoms with Gasteiger partial charge in [-0.15, -0.1) is 0 Å². The summed E-state index contributed by atoms with van der Waals surface area (Å²) in [6.07, 6.45) is 1.25. The Morgan fingerprint density at radius 1 is 1.47 bits per heavy atom. The van der Waals surface area contributed by atoms with Crippen molar-refractivity contribution in [2.75, 3.05) is 6.61 Å². The number of esters is 1. The molecule has 0 aromatic rings. The Kier molecular flexibility index (Phi) is 11.5. The van der Waals surface area contributed by atoms with Crippen molar-refractivity contribution in [3.63, 3.8) is 0 Å². The molecule has 0 aliphatic carbocycles. The summed E-state index contributed by atoms with van der Waals surface area (Å²) in [6.45, 7) is 7.24. The molecule has 0 aromatic heterocycles. The number of hydrogen-bond acceptors (Lipinski definition) is 4. The molecule has 0 radical (unpaired) electrons. The van der Waals surface area contributed by atoms with Crippen LogP contribution in [-0.2, 0) is 14.3 Å². The predicted molar refractivity (Wildman–Crippen MR) is 60.9 cm³/mol. The van der Waals surface area contributed by atoms with Gasteiger partial charge in [0.25, 0.3) is 0 Å². The van der Waals surface area contributed by atoms with Gasteiger partial charge in [0.1, 0.15) is 6.04 Å². The van der Waals surface area contributed by atoms with Crippen LogP contribution in [0, 0.1) is 5.92 Å². The molecule has 0 amide bonds. The summed E-state index contributed by atoms with van der Waals surface area (Å²) in [5, 5.41) is 11.7. The van der Waals surface area contributed by atoms with Gasteiger partial charge in [-0.25, -0.2) is 9.59 Å². The van der Waals surface area contributed by atoms with Gasteiger partial charge in [0.05, 0.1) is 6.61 Å². The molecule has 0 unspecified atom stereocenters. The minimum absolute atomic E-state index is 0. The molecule has 0 saturated carbocycles. The number of hydrogen-bond donors (Lipinski definition) is 2. The van der Waals surface area contributed by atoms with Gasteiger partial charge in [0.15, 0.2) is 0 Å². The normalized spacial score (nSPS) is 12.6. The third-order valence-corrected chi connectivity index (χ3v) is 1.94. The molecule has 94 valence electrons. The van der Waals surface area contributed by atoms with Gasteiger partial charge in [-0.05, 0) is 19.8 Å². The van der Waals surface area contributed by atoms with E-state index in [1.165, 1.54) is 6.08 Å². The Hall–Kier alpha value is 0.116. The van der Waals surface area contributed by atoms with Crippen molar-refractivity contribution in [1.82, 2.24) is 5.32 Å². The number of carboxylic acids is 1. The molecule has 5 nitrogen and oxygen atoms in total. The molecule has 0 fully saturated rings. The van der Waals surface area contributed by atoms with Crippen LogP contribution in [0.4, 0.5) is 0 Å². The maximum absolute atomic E-state index is 11.1. The first kappa shape index (κ1) is 19.5. The largest absolute Gasteiger partial charge is 1.00 e. The van der Waals surface area contributed by atoms with Crippen molar-refractivity contribution in [3.8, 4) is 0 Å². The number of carboxylic acid groups (broad SMARTS) is 1. The zero-order valence-corrected chi connectivity index (χ0v) is 14.2. The smallest absolute Gasteiger partial charge is 1.00 e. The molecule has 0 aromatic carbocycles. The molecule has 0 aliphatic rings. The van der Waals surface area contributed by atoms with E-state index >= 15 is 0 Å². The van der Waals surface area contributed by atoms with E-state index < -0.39 is 18.0 Å². The Bertz CT molecular complexity index is 295. The van der Waals surface area contributed by atoms with Crippen molar-refractivity contribution in [2.45, 2.75) is 33.7 Å². The average Bonchev–Trinajstić information content (AvgIpc) is 2.13. The Morgan fingerprint density at radius 3 is 2.35 bits per heavy atom. The van der Waals surface area contributed by atoms with E-state index in [1.54, 1.807) is 27.7 Å². The fourth-order valence-corrected chi connectivity index (χ4v) is 1.16. The van der Waals surface area contributed by atoms with E-state index in [0.717, 1.165) is 0 Å². The van der Waals surface area contributed by atoms with Crippen molar-refractivity contribution >= 4 is 11.9 Å². The van der Waals surface area contributed by atoms with Gasteiger partial charge < -0.3 is 16.6 Å². The van der Waals surface area contributed by atoms with Crippen LogP contribution in [0.1, 0.15) is 29.1 Å². The molecule has 6 heteroatoms. The molecule has 1 atom stereocenters. The zero-order chi connectivity index (χ0) is 12.7. The molecule has 0 aliphatic heterocycles. The molecular weight excluding hydrogens is 249 g/mol. The summed E-state index contributed by atoms with van der Waals surface area (Å²) >= 11 is 0. The fraction of sp³-hybridized carbons (Fsp3) is 0.636. The van der Waals surface area contributed by atoms with Gasteiger partial charge in [-0.1, -0.05) is 13.8 Å². The number of aliphatic carboxylic acids is 1. The molecular formula is C11H20KNO4. The van der Waals surface area contributed by atoms with Crippen LogP contribution >= 0.6 is 0 Å². The molecule has 0 heterocycles. The minimum atomic E-state index is -0.938. The number of carbonyl (C=O) groups excluding carboxylic acids is 1. The van der Waals surface area contributed by atoms with E-state index in [2.05, 4.69) is 5.32 Å². The SMILES string of the molecule is CCOC(=O)C=C(C)N[C@H](C(=O)O)C(C)C.[H-].[K+]. The molecule has 0 spiro atoms. The topological polar surface area (TPSA) is 75.6 Å². The fourth-order valence-electron chi connectivity index (χ4n) is 1.16. The van der Waals surface area contributed by atoms with Gasteiger partial charge in [-0.3, -0.25) is 0 Å². The monoisotopic (exact) mass is 269 g/mol. The van der Waals surface area contributed by atoms with E-state index in [1.807, 2.05) is 0 Å². The quantitative estimate of drug-likeness (QED) is 0.340. The average molecular weight is 269 g/mol. The van der Waals surface area contributed by atoms with Crippen LogP contribution in [-0.4, -0.2) is 29.7 Å². The molecule has 0 bridgehead atoms. The third-order valence-electron chi connectivity index (χ3n) is 1.94. The number of allylic oxidation sites excluding steroid dienone is 1. The first-order valence-corrected chi connectivity index (χ1v) is 5.22. The zero-order valence-electron chi connectivity index (χ0n) is 12.1. The molecule has 0 saturated heterocycles. The van der Waals surface area contributed by atoms with Gasteiger partial charge >= 0.3 is 63.3 Å². The summed E-state index contributed by atoms with van der Waals surface area (Å²) in [7, 11) is 0. The Labute approximate surface area is 146 Å². The van der Waals surface area contributed by atoms with Crippen LogP contribution in [0.25, 0.3) is 0 Å². The van der Waals surface area contributed by atoms with Crippen LogP contribution in [0.3, 0.4) is 0 Å². The molecule has 0 rings (SSSR count). The van der Waals surface area contributed by atoms with E-state index in [0.29, 0.717) is 12.3 Å². The summed E-state index contributed by atoms with van der Waals surface area (Å²) in [4.78, 5) is 22.0. The number of nitrogens with one attached hydrogen (secondary N) is 1. The number of carbonyl (C=O) groups is 2. The van der Waals surface area contributed by atoms with Crippen LogP contribution in [0.2, 0.25) is 0 Å². The van der Waals surface area contributed by atoms with Crippen molar-refractivity contribution in [3.05, 3.63) is 11.8 Å². The van der Waals surface area contributed by atoms with Crippen molar-refractivity contribution < 1.29 is 72.2 Å². The number of rotatable bonds is 6. The van der Waals surface area contributed by atoms with E-state index in [-0.39, 0.29) is 58.7 Å². The second kappa shape index (κ2) is 10.1. The van der Waals surface area contributed by atoms with Crippen LogP contribution in [0.15, 0.2) is 11.8 Å². The maximum atomic E-state index is 11.1. The van der Waals surface area contributed by atoms with Gasteiger partial charge in [0, 0.05) is 11.8 Å².